The molecule has 0 radical (unpaired) electrons. The van der Waals surface area contributed by atoms with E-state index in [1.54, 1.807) is 0 Å². The number of Topliss-reactive ketones (excluding diaryl/α,β-unsaturated/α-hetero) is 1. The molecule has 0 aromatic rings. The molecule has 4 fully saturated rings. The lowest BCUT2D eigenvalue weighted by Crippen LogP contribution is -2.59. The highest BCUT2D eigenvalue weighted by Gasteiger charge is 2.64. The molecular weight excluding hydrogens is 476 g/mol. The van der Waals surface area contributed by atoms with Crippen LogP contribution in [0.3, 0.4) is 0 Å². The van der Waals surface area contributed by atoms with Crippen LogP contribution in [0.1, 0.15) is 98.8 Å². The highest BCUT2D eigenvalue weighted by atomic mass is 28.4. The van der Waals surface area contributed by atoms with Crippen molar-refractivity contribution < 1.29 is 18.8 Å². The number of hydrogen-bond donors (Lipinski definition) is 0. The lowest BCUT2D eigenvalue weighted by atomic mass is 9.43. The molecule has 4 rings (SSSR count). The van der Waals surface area contributed by atoms with Crippen molar-refractivity contribution in [2.75, 3.05) is 7.11 Å². The number of hydrogen-bond acceptors (Lipinski definition) is 4. The van der Waals surface area contributed by atoms with E-state index in [4.69, 9.17) is 9.16 Å². The summed E-state index contributed by atoms with van der Waals surface area (Å²) < 4.78 is 11.6. The minimum atomic E-state index is -1.63. The fourth-order valence-corrected chi connectivity index (χ4v) is 10.9. The second-order valence-corrected chi connectivity index (χ2v) is 19.1. The van der Waals surface area contributed by atoms with Crippen LogP contribution in [0.4, 0.5) is 0 Å². The maximum Gasteiger partial charge on any atom is 0.305 e. The van der Waals surface area contributed by atoms with Crippen LogP contribution in [0.2, 0.25) is 19.6 Å². The summed E-state index contributed by atoms with van der Waals surface area (Å²) in [6.07, 6.45) is 10.8. The van der Waals surface area contributed by atoms with Crippen LogP contribution in [-0.2, 0) is 18.8 Å². The molecule has 4 unspecified atom stereocenters. The maximum absolute atomic E-state index is 14.6. The molecular formula is C32H54O4Si. The summed E-state index contributed by atoms with van der Waals surface area (Å²) in [4.78, 5) is 26.5. The minimum absolute atomic E-state index is 0.102. The van der Waals surface area contributed by atoms with Crippen LogP contribution in [0, 0.1) is 46.3 Å². The van der Waals surface area contributed by atoms with E-state index in [0.29, 0.717) is 47.9 Å². The number of esters is 1. The van der Waals surface area contributed by atoms with Gasteiger partial charge in [0.25, 0.3) is 0 Å². The molecule has 4 aliphatic carbocycles. The number of carbonyl (C=O) groups excluding carboxylic acids is 2. The molecule has 0 N–H and O–H groups in total. The first kappa shape index (κ1) is 29.0. The molecule has 0 heterocycles. The molecule has 0 bridgehead atoms. The van der Waals surface area contributed by atoms with Gasteiger partial charge >= 0.3 is 5.97 Å². The quantitative estimate of drug-likeness (QED) is 0.190. The SMILES string of the molecule is CC/C(C)=C1\C(=O)C2C3CC[C@H]([C@H](C)CCC(=O)OC)[C@@]3(C)CCC2[C@@]2(C)CCC(O[Si](C)(C)C)C[C@@H]12. The highest BCUT2D eigenvalue weighted by molar-refractivity contribution is 6.69. The number of allylic oxidation sites excluding steroid dienone is 2. The average Bonchev–Trinajstić information content (AvgIpc) is 3.19. The van der Waals surface area contributed by atoms with Crippen LogP contribution in [0.25, 0.3) is 0 Å². The third-order valence-electron chi connectivity index (χ3n) is 11.6. The van der Waals surface area contributed by atoms with E-state index in [1.165, 1.54) is 43.9 Å². The zero-order valence-electron chi connectivity index (χ0n) is 25.2. The number of ether oxygens (including phenoxy) is 1. The van der Waals surface area contributed by atoms with Crippen molar-refractivity contribution in [2.24, 2.45) is 46.3 Å². The Kier molecular flexibility index (Phi) is 8.29. The van der Waals surface area contributed by atoms with Crippen LogP contribution >= 0.6 is 0 Å². The van der Waals surface area contributed by atoms with E-state index >= 15 is 0 Å². The van der Waals surface area contributed by atoms with E-state index in [9.17, 15) is 9.59 Å². The zero-order valence-corrected chi connectivity index (χ0v) is 26.2. The summed E-state index contributed by atoms with van der Waals surface area (Å²) in [5.74, 6) is 2.94. The van der Waals surface area contributed by atoms with Crippen molar-refractivity contribution in [2.45, 2.75) is 125 Å². The molecule has 0 aromatic heterocycles. The monoisotopic (exact) mass is 530 g/mol. The standard InChI is InChI=1S/C32H54O4Si/c1-10-20(2)28-26-19-22(36-37(7,8)9)15-17-32(26,5)25-16-18-31(4)23(21(3)11-14-27(33)35-6)12-13-24(31)29(25)30(28)34/h21-26,29H,10-19H2,1-9H3/b28-20-/t21-,22?,23-,24?,25?,26+,29?,31-,32-/m1/s1. The normalized spacial score (nSPS) is 41.9. The Hall–Kier alpha value is -0.943. The predicted molar refractivity (Wildman–Crippen MR) is 153 cm³/mol. The third-order valence-corrected chi connectivity index (χ3v) is 12.7. The first-order chi connectivity index (χ1) is 17.3. The van der Waals surface area contributed by atoms with E-state index in [0.717, 1.165) is 32.1 Å². The molecule has 4 saturated carbocycles. The summed E-state index contributed by atoms with van der Waals surface area (Å²) in [6.45, 7) is 18.7. The molecule has 0 saturated heterocycles. The molecule has 5 heteroatoms. The first-order valence-corrected chi connectivity index (χ1v) is 18.7. The van der Waals surface area contributed by atoms with Gasteiger partial charge < -0.3 is 9.16 Å². The van der Waals surface area contributed by atoms with Gasteiger partial charge in [0.1, 0.15) is 0 Å². The van der Waals surface area contributed by atoms with Crippen molar-refractivity contribution in [3.8, 4) is 0 Å². The van der Waals surface area contributed by atoms with Gasteiger partial charge in [0.2, 0.25) is 0 Å². The molecule has 9 atom stereocenters. The lowest BCUT2D eigenvalue weighted by Gasteiger charge is -2.61. The molecule has 37 heavy (non-hydrogen) atoms. The zero-order chi connectivity index (χ0) is 27.3. The third kappa shape index (κ3) is 5.17. The van der Waals surface area contributed by atoms with E-state index < -0.39 is 8.32 Å². The van der Waals surface area contributed by atoms with Gasteiger partial charge in [-0.15, -0.1) is 0 Å². The fraction of sp³-hybridized carbons (Fsp3) is 0.875. The van der Waals surface area contributed by atoms with Crippen molar-refractivity contribution in [3.63, 3.8) is 0 Å². The number of rotatable bonds is 7. The van der Waals surface area contributed by atoms with Gasteiger partial charge in [-0.2, -0.15) is 0 Å². The molecule has 0 aliphatic heterocycles. The van der Waals surface area contributed by atoms with Crippen molar-refractivity contribution in [1.29, 1.82) is 0 Å². The van der Waals surface area contributed by atoms with Gasteiger partial charge in [0.15, 0.2) is 14.1 Å². The molecule has 0 aromatic carbocycles. The van der Waals surface area contributed by atoms with Gasteiger partial charge in [-0.3, -0.25) is 9.59 Å². The Balaban J connectivity index is 1.64. The van der Waals surface area contributed by atoms with Crippen LogP contribution < -0.4 is 0 Å². The molecule has 4 aliphatic rings. The Labute approximate surface area is 227 Å². The van der Waals surface area contributed by atoms with Crippen LogP contribution in [0.15, 0.2) is 11.1 Å². The van der Waals surface area contributed by atoms with Gasteiger partial charge in [0.05, 0.1) is 7.11 Å². The first-order valence-electron chi connectivity index (χ1n) is 15.2. The Morgan fingerprint density at radius 3 is 2.32 bits per heavy atom. The van der Waals surface area contributed by atoms with E-state index in [-0.39, 0.29) is 22.7 Å². The summed E-state index contributed by atoms with van der Waals surface area (Å²) in [7, 11) is -0.143. The Morgan fingerprint density at radius 1 is 1.05 bits per heavy atom. The topological polar surface area (TPSA) is 52.6 Å². The molecule has 4 nitrogen and oxygen atoms in total. The predicted octanol–water partition coefficient (Wildman–Crippen LogP) is 7.97. The van der Waals surface area contributed by atoms with Crippen molar-refractivity contribution >= 4 is 20.1 Å². The van der Waals surface area contributed by atoms with Crippen LogP contribution in [-0.4, -0.2) is 33.3 Å². The van der Waals surface area contributed by atoms with Gasteiger partial charge in [-0.25, -0.2) is 0 Å². The number of ketones is 1. The summed E-state index contributed by atoms with van der Waals surface area (Å²) >= 11 is 0. The molecule has 0 spiro atoms. The number of methoxy groups -OCH3 is 1. The summed E-state index contributed by atoms with van der Waals surface area (Å²) in [6, 6.07) is 0. The maximum atomic E-state index is 14.6. The Bertz CT molecular complexity index is 918. The summed E-state index contributed by atoms with van der Waals surface area (Å²) in [5, 5.41) is 0. The number of fused-ring (bicyclic) bond motifs is 5. The van der Waals surface area contributed by atoms with Crippen molar-refractivity contribution in [3.05, 3.63) is 11.1 Å². The van der Waals surface area contributed by atoms with Gasteiger partial charge in [-0.05, 0) is 130 Å². The molecule has 0 amide bonds. The van der Waals surface area contributed by atoms with Crippen molar-refractivity contribution in [1.82, 2.24) is 0 Å². The van der Waals surface area contributed by atoms with E-state index in [2.05, 4.69) is 54.3 Å². The fourth-order valence-electron chi connectivity index (χ4n) is 9.71. The van der Waals surface area contributed by atoms with Crippen LogP contribution in [0.5, 0.6) is 0 Å². The lowest BCUT2D eigenvalue weighted by molar-refractivity contribution is -0.149. The largest absolute Gasteiger partial charge is 0.469 e. The highest BCUT2D eigenvalue weighted by Crippen LogP contribution is 2.68. The Morgan fingerprint density at radius 2 is 1.70 bits per heavy atom. The second kappa shape index (κ2) is 10.6. The smallest absolute Gasteiger partial charge is 0.305 e. The van der Waals surface area contributed by atoms with Gasteiger partial charge in [0, 0.05) is 18.4 Å². The second-order valence-electron chi connectivity index (χ2n) is 14.7. The summed E-state index contributed by atoms with van der Waals surface area (Å²) in [5.41, 5.74) is 2.90. The number of carbonyl (C=O) groups is 2. The molecule has 210 valence electrons. The average molecular weight is 531 g/mol. The van der Waals surface area contributed by atoms with E-state index in [1.807, 2.05) is 0 Å². The van der Waals surface area contributed by atoms with Gasteiger partial charge in [-0.1, -0.05) is 33.3 Å². The minimum Gasteiger partial charge on any atom is -0.469 e.